The third kappa shape index (κ3) is 4.21. The van der Waals surface area contributed by atoms with Crippen LogP contribution in [0.1, 0.15) is 32.4 Å². The van der Waals surface area contributed by atoms with Gasteiger partial charge in [-0.3, -0.25) is 0 Å². The maximum Gasteiger partial charge on any atom is 0.297 e. The van der Waals surface area contributed by atoms with Gasteiger partial charge in [0.25, 0.3) is 6.01 Å². The van der Waals surface area contributed by atoms with Crippen molar-refractivity contribution in [2.24, 2.45) is 5.92 Å². The van der Waals surface area contributed by atoms with Gasteiger partial charge in [-0.2, -0.15) is 4.98 Å². The lowest BCUT2D eigenvalue weighted by molar-refractivity contribution is 0.0879. The summed E-state index contributed by atoms with van der Waals surface area (Å²) < 4.78 is 11.0. The normalized spacial score (nSPS) is 20.2. The predicted molar refractivity (Wildman–Crippen MR) is 75.3 cm³/mol. The van der Waals surface area contributed by atoms with Crippen LogP contribution in [0.25, 0.3) is 0 Å². The van der Waals surface area contributed by atoms with Crippen molar-refractivity contribution in [3.8, 4) is 0 Å². The van der Waals surface area contributed by atoms with Crippen molar-refractivity contribution in [1.29, 1.82) is 0 Å². The summed E-state index contributed by atoms with van der Waals surface area (Å²) in [6, 6.07) is 0.725. The standard InChI is InChI=1S/C14H25N3O2/c1-11(2)7-15-8-12-10-19-14(16-12)17-6-4-5-13(9-17)18-3/h10-11,13,15H,4-9H2,1-3H3. The zero-order valence-electron chi connectivity index (χ0n) is 12.2. The van der Waals surface area contributed by atoms with E-state index < -0.39 is 0 Å². The van der Waals surface area contributed by atoms with Gasteiger partial charge in [0.05, 0.1) is 11.8 Å². The van der Waals surface area contributed by atoms with Crippen LogP contribution >= 0.6 is 0 Å². The highest BCUT2D eigenvalue weighted by molar-refractivity contribution is 5.28. The zero-order chi connectivity index (χ0) is 13.7. The fourth-order valence-corrected chi connectivity index (χ4v) is 2.32. The third-order valence-electron chi connectivity index (χ3n) is 3.38. The second-order valence-electron chi connectivity index (χ2n) is 5.59. The summed E-state index contributed by atoms with van der Waals surface area (Å²) in [4.78, 5) is 6.71. The molecular formula is C14H25N3O2. The van der Waals surface area contributed by atoms with Crippen LogP contribution in [0.3, 0.4) is 0 Å². The van der Waals surface area contributed by atoms with Crippen LogP contribution in [-0.2, 0) is 11.3 Å². The van der Waals surface area contributed by atoms with Crippen LogP contribution in [0.2, 0.25) is 0 Å². The molecule has 0 amide bonds. The van der Waals surface area contributed by atoms with E-state index in [-0.39, 0.29) is 0 Å². The number of hydrogen-bond donors (Lipinski definition) is 1. The van der Waals surface area contributed by atoms with E-state index in [9.17, 15) is 0 Å². The van der Waals surface area contributed by atoms with Gasteiger partial charge in [-0.1, -0.05) is 13.8 Å². The first kappa shape index (κ1) is 14.3. The zero-order valence-corrected chi connectivity index (χ0v) is 12.2. The predicted octanol–water partition coefficient (Wildman–Crippen LogP) is 2.04. The Morgan fingerprint density at radius 1 is 1.58 bits per heavy atom. The molecule has 2 rings (SSSR count). The minimum atomic E-state index is 0.295. The Morgan fingerprint density at radius 2 is 2.42 bits per heavy atom. The number of oxazole rings is 1. The topological polar surface area (TPSA) is 50.5 Å². The molecule has 2 heterocycles. The maximum absolute atomic E-state index is 5.57. The second kappa shape index (κ2) is 6.91. The summed E-state index contributed by atoms with van der Waals surface area (Å²) in [6.07, 6.45) is 4.29. The van der Waals surface area contributed by atoms with E-state index >= 15 is 0 Å². The van der Waals surface area contributed by atoms with Crippen molar-refractivity contribution in [2.75, 3.05) is 31.6 Å². The molecule has 1 aliphatic rings. The van der Waals surface area contributed by atoms with Gasteiger partial charge < -0.3 is 19.4 Å². The molecule has 1 aromatic rings. The first-order valence-electron chi connectivity index (χ1n) is 7.12. The maximum atomic E-state index is 5.57. The molecule has 1 atom stereocenters. The number of nitrogens with zero attached hydrogens (tertiary/aromatic N) is 2. The van der Waals surface area contributed by atoms with E-state index in [1.807, 2.05) is 0 Å². The molecule has 1 aliphatic heterocycles. The summed E-state index contributed by atoms with van der Waals surface area (Å²) in [5, 5.41) is 3.37. The highest BCUT2D eigenvalue weighted by Crippen LogP contribution is 2.20. The summed E-state index contributed by atoms with van der Waals surface area (Å²) in [5.74, 6) is 0.649. The average molecular weight is 267 g/mol. The van der Waals surface area contributed by atoms with Crippen molar-refractivity contribution in [2.45, 2.75) is 39.3 Å². The second-order valence-corrected chi connectivity index (χ2v) is 5.59. The number of anilines is 1. The number of methoxy groups -OCH3 is 1. The number of nitrogens with one attached hydrogen (secondary N) is 1. The van der Waals surface area contributed by atoms with E-state index in [0.29, 0.717) is 12.0 Å². The van der Waals surface area contributed by atoms with E-state index in [0.717, 1.165) is 50.7 Å². The van der Waals surface area contributed by atoms with Gasteiger partial charge in [0.2, 0.25) is 0 Å². The molecule has 0 radical (unpaired) electrons. The average Bonchev–Trinajstić information content (AvgIpc) is 2.87. The molecule has 0 saturated carbocycles. The van der Waals surface area contributed by atoms with Crippen molar-refractivity contribution in [1.82, 2.24) is 10.3 Å². The van der Waals surface area contributed by atoms with Crippen molar-refractivity contribution in [3.63, 3.8) is 0 Å². The Balaban J connectivity index is 1.85. The Kier molecular flexibility index (Phi) is 5.22. The van der Waals surface area contributed by atoms with Gasteiger partial charge >= 0.3 is 0 Å². The molecule has 5 nitrogen and oxygen atoms in total. The molecule has 108 valence electrons. The Labute approximate surface area is 115 Å². The number of rotatable bonds is 6. The first-order chi connectivity index (χ1) is 9.19. The lowest BCUT2D eigenvalue weighted by atomic mass is 10.1. The summed E-state index contributed by atoms with van der Waals surface area (Å²) in [6.45, 7) is 8.02. The van der Waals surface area contributed by atoms with E-state index in [1.54, 1.807) is 13.4 Å². The van der Waals surface area contributed by atoms with Crippen LogP contribution < -0.4 is 10.2 Å². The molecular weight excluding hydrogens is 242 g/mol. The molecule has 19 heavy (non-hydrogen) atoms. The number of piperidine rings is 1. The van der Waals surface area contributed by atoms with Gasteiger partial charge in [0.15, 0.2) is 0 Å². The molecule has 1 unspecified atom stereocenters. The monoisotopic (exact) mass is 267 g/mol. The van der Waals surface area contributed by atoms with Crippen LogP contribution in [0, 0.1) is 5.92 Å². The smallest absolute Gasteiger partial charge is 0.297 e. The lowest BCUT2D eigenvalue weighted by Crippen LogP contribution is -2.39. The minimum absolute atomic E-state index is 0.295. The summed E-state index contributed by atoms with van der Waals surface area (Å²) in [7, 11) is 1.77. The van der Waals surface area contributed by atoms with Crippen molar-refractivity contribution in [3.05, 3.63) is 12.0 Å². The Bertz CT molecular complexity index is 379. The van der Waals surface area contributed by atoms with Crippen molar-refractivity contribution >= 4 is 6.01 Å². The van der Waals surface area contributed by atoms with E-state index in [2.05, 4.69) is 29.0 Å². The van der Waals surface area contributed by atoms with Crippen LogP contribution in [0.4, 0.5) is 6.01 Å². The first-order valence-corrected chi connectivity index (χ1v) is 7.12. The van der Waals surface area contributed by atoms with E-state index in [1.165, 1.54) is 0 Å². The molecule has 1 fully saturated rings. The number of aromatic nitrogens is 1. The van der Waals surface area contributed by atoms with Crippen LogP contribution in [-0.4, -0.2) is 37.8 Å². The fraction of sp³-hybridized carbons (Fsp3) is 0.786. The molecule has 1 aromatic heterocycles. The summed E-state index contributed by atoms with van der Waals surface area (Å²) in [5.41, 5.74) is 0.968. The SMILES string of the molecule is COC1CCCN(c2nc(CNCC(C)C)co2)C1. The number of hydrogen-bond acceptors (Lipinski definition) is 5. The quantitative estimate of drug-likeness (QED) is 0.854. The Hall–Kier alpha value is -1.07. The molecule has 0 bridgehead atoms. The van der Waals surface area contributed by atoms with Gasteiger partial charge in [-0.25, -0.2) is 0 Å². The fourth-order valence-electron chi connectivity index (χ4n) is 2.32. The van der Waals surface area contributed by atoms with Gasteiger partial charge in [-0.05, 0) is 25.3 Å². The largest absolute Gasteiger partial charge is 0.432 e. The minimum Gasteiger partial charge on any atom is -0.432 e. The van der Waals surface area contributed by atoms with Gasteiger partial charge in [0, 0.05) is 26.7 Å². The highest BCUT2D eigenvalue weighted by atomic mass is 16.5. The number of ether oxygens (including phenoxy) is 1. The van der Waals surface area contributed by atoms with Crippen LogP contribution in [0.15, 0.2) is 10.7 Å². The third-order valence-corrected chi connectivity index (χ3v) is 3.38. The van der Waals surface area contributed by atoms with Gasteiger partial charge in [-0.15, -0.1) is 0 Å². The molecule has 0 aliphatic carbocycles. The lowest BCUT2D eigenvalue weighted by Gasteiger charge is -2.30. The highest BCUT2D eigenvalue weighted by Gasteiger charge is 2.22. The molecule has 1 saturated heterocycles. The molecule has 0 aromatic carbocycles. The van der Waals surface area contributed by atoms with Crippen molar-refractivity contribution < 1.29 is 9.15 Å². The molecule has 0 spiro atoms. The van der Waals surface area contributed by atoms with Gasteiger partial charge in [0.1, 0.15) is 6.26 Å². The van der Waals surface area contributed by atoms with Crippen LogP contribution in [0.5, 0.6) is 0 Å². The Morgan fingerprint density at radius 3 is 3.16 bits per heavy atom. The van der Waals surface area contributed by atoms with E-state index in [4.69, 9.17) is 9.15 Å². The molecule has 1 N–H and O–H groups in total. The summed E-state index contributed by atoms with van der Waals surface area (Å²) >= 11 is 0. The molecule has 5 heteroatoms.